The molecule has 0 saturated carbocycles. The van der Waals surface area contributed by atoms with Crippen LogP contribution in [0.25, 0.3) is 0 Å². The molecule has 0 rings (SSSR count). The maximum Gasteiger partial charge on any atom is -0.0360 e. The Bertz CT molecular complexity index is 170. The normalized spacial score (nSPS) is 15.0. The van der Waals surface area contributed by atoms with Crippen LogP contribution in [0, 0.1) is 23.7 Å². The van der Waals surface area contributed by atoms with E-state index < -0.39 is 0 Å². The highest BCUT2D eigenvalue weighted by Crippen LogP contribution is 2.35. The predicted molar refractivity (Wildman–Crippen MR) is 94.2 cm³/mol. The maximum absolute atomic E-state index is 2.45. The molecule has 2 unspecified atom stereocenters. The molecule has 0 fully saturated rings. The first-order valence-corrected chi connectivity index (χ1v) is 9.54. The first kappa shape index (κ1) is 20.0. The molecule has 0 aliphatic heterocycles. The Morgan fingerprint density at radius 3 is 1.10 bits per heavy atom. The zero-order chi connectivity index (χ0) is 15.4. The van der Waals surface area contributed by atoms with Gasteiger partial charge in [0.05, 0.1) is 0 Å². The Hall–Kier alpha value is 0. The quantitative estimate of drug-likeness (QED) is 0.307. The summed E-state index contributed by atoms with van der Waals surface area (Å²) in [5.41, 5.74) is 0. The van der Waals surface area contributed by atoms with Gasteiger partial charge in [-0.1, -0.05) is 92.9 Å². The highest BCUT2D eigenvalue weighted by Gasteiger charge is 2.26. The average molecular weight is 283 g/mol. The van der Waals surface area contributed by atoms with Crippen LogP contribution in [0.1, 0.15) is 106 Å². The monoisotopic (exact) mass is 282 g/mol. The smallest absolute Gasteiger partial charge is 0.0360 e. The van der Waals surface area contributed by atoms with E-state index in [9.17, 15) is 0 Å². The first-order valence-electron chi connectivity index (χ1n) is 9.54. The second-order valence-electron chi connectivity index (χ2n) is 7.51. The molecule has 122 valence electrons. The van der Waals surface area contributed by atoms with E-state index in [2.05, 4.69) is 41.5 Å². The lowest BCUT2D eigenvalue weighted by Crippen LogP contribution is -2.25. The molecule has 0 aromatic rings. The Kier molecular flexibility index (Phi) is 12.7. The summed E-state index contributed by atoms with van der Waals surface area (Å²) in [6.45, 7) is 14.4. The molecular weight excluding hydrogens is 240 g/mol. The van der Waals surface area contributed by atoms with Gasteiger partial charge in [-0.3, -0.25) is 0 Å². The van der Waals surface area contributed by atoms with Crippen LogP contribution in [-0.4, -0.2) is 0 Å². The zero-order valence-electron chi connectivity index (χ0n) is 15.4. The molecule has 0 heterocycles. The summed E-state index contributed by atoms with van der Waals surface area (Å²) in [4.78, 5) is 0. The molecule has 0 aromatic carbocycles. The van der Waals surface area contributed by atoms with Gasteiger partial charge in [-0.05, 0) is 36.5 Å². The first-order chi connectivity index (χ1) is 9.54. The van der Waals surface area contributed by atoms with Crippen LogP contribution in [0.2, 0.25) is 0 Å². The molecule has 0 nitrogen and oxygen atoms in total. The summed E-state index contributed by atoms with van der Waals surface area (Å²) in [6.07, 6.45) is 14.3. The summed E-state index contributed by atoms with van der Waals surface area (Å²) in [5, 5.41) is 0. The fourth-order valence-electron chi connectivity index (χ4n) is 3.70. The lowest BCUT2D eigenvalue weighted by atomic mass is 9.72. The molecule has 0 amide bonds. The second kappa shape index (κ2) is 12.7. The van der Waals surface area contributed by atoms with Crippen molar-refractivity contribution >= 4 is 0 Å². The van der Waals surface area contributed by atoms with Gasteiger partial charge >= 0.3 is 0 Å². The van der Waals surface area contributed by atoms with Crippen molar-refractivity contribution in [2.75, 3.05) is 0 Å². The topological polar surface area (TPSA) is 0 Å². The van der Waals surface area contributed by atoms with Gasteiger partial charge < -0.3 is 0 Å². The van der Waals surface area contributed by atoms with Crippen molar-refractivity contribution in [3.8, 4) is 0 Å². The lowest BCUT2D eigenvalue weighted by molar-refractivity contribution is 0.165. The highest BCUT2D eigenvalue weighted by molar-refractivity contribution is 4.76. The van der Waals surface area contributed by atoms with E-state index in [-0.39, 0.29) is 0 Å². The molecule has 2 atom stereocenters. The van der Waals surface area contributed by atoms with Gasteiger partial charge in [0, 0.05) is 0 Å². The van der Waals surface area contributed by atoms with E-state index in [0.717, 1.165) is 23.7 Å². The van der Waals surface area contributed by atoms with Crippen molar-refractivity contribution in [2.45, 2.75) is 106 Å². The predicted octanol–water partition coefficient (Wildman–Crippen LogP) is 7.47. The summed E-state index contributed by atoms with van der Waals surface area (Å²) in [5.74, 6) is 3.62. The molecular formula is C20H42. The minimum Gasteiger partial charge on any atom is -0.0654 e. The Labute approximate surface area is 130 Å². The van der Waals surface area contributed by atoms with Crippen molar-refractivity contribution in [2.24, 2.45) is 23.7 Å². The third-order valence-corrected chi connectivity index (χ3v) is 5.04. The maximum atomic E-state index is 2.45. The highest BCUT2D eigenvalue weighted by atomic mass is 14.3. The van der Waals surface area contributed by atoms with Crippen LogP contribution in [0.3, 0.4) is 0 Å². The summed E-state index contributed by atoms with van der Waals surface area (Å²) >= 11 is 0. The molecule has 0 aliphatic carbocycles. The molecule has 0 aliphatic rings. The van der Waals surface area contributed by atoms with Gasteiger partial charge in [-0.15, -0.1) is 0 Å². The Morgan fingerprint density at radius 1 is 0.500 bits per heavy atom. The van der Waals surface area contributed by atoms with Crippen LogP contribution in [0.5, 0.6) is 0 Å². The van der Waals surface area contributed by atoms with E-state index in [0.29, 0.717) is 0 Å². The molecule has 0 aromatic heterocycles. The van der Waals surface area contributed by atoms with Crippen LogP contribution in [0.15, 0.2) is 0 Å². The van der Waals surface area contributed by atoms with Crippen LogP contribution in [-0.2, 0) is 0 Å². The van der Waals surface area contributed by atoms with E-state index in [4.69, 9.17) is 0 Å². The molecule has 20 heavy (non-hydrogen) atoms. The Balaban J connectivity index is 4.30. The van der Waals surface area contributed by atoms with Crippen molar-refractivity contribution in [1.82, 2.24) is 0 Å². The number of hydrogen-bond acceptors (Lipinski definition) is 0. The van der Waals surface area contributed by atoms with Crippen molar-refractivity contribution in [1.29, 1.82) is 0 Å². The van der Waals surface area contributed by atoms with Crippen LogP contribution >= 0.6 is 0 Å². The van der Waals surface area contributed by atoms with E-state index >= 15 is 0 Å². The van der Waals surface area contributed by atoms with Gasteiger partial charge in [0.25, 0.3) is 0 Å². The summed E-state index contributed by atoms with van der Waals surface area (Å²) in [6, 6.07) is 0. The SMILES string of the molecule is CCCCCCC(C(C)C)C(CCCCCC)C(C)C. The Morgan fingerprint density at radius 2 is 0.850 bits per heavy atom. The molecule has 0 saturated heterocycles. The van der Waals surface area contributed by atoms with E-state index in [1.807, 2.05) is 0 Å². The van der Waals surface area contributed by atoms with E-state index in [1.165, 1.54) is 64.2 Å². The van der Waals surface area contributed by atoms with Gasteiger partial charge in [0.2, 0.25) is 0 Å². The molecule has 0 radical (unpaired) electrons. The number of rotatable bonds is 13. The number of unbranched alkanes of at least 4 members (excludes halogenated alkanes) is 6. The van der Waals surface area contributed by atoms with Gasteiger partial charge in [0.15, 0.2) is 0 Å². The fourth-order valence-corrected chi connectivity index (χ4v) is 3.70. The molecule has 0 heteroatoms. The van der Waals surface area contributed by atoms with Crippen LogP contribution < -0.4 is 0 Å². The number of hydrogen-bond donors (Lipinski definition) is 0. The molecule has 0 N–H and O–H groups in total. The minimum absolute atomic E-state index is 0.857. The molecule has 0 bridgehead atoms. The lowest BCUT2D eigenvalue weighted by Gasteiger charge is -2.33. The van der Waals surface area contributed by atoms with Gasteiger partial charge in [0.1, 0.15) is 0 Å². The third kappa shape index (κ3) is 9.03. The standard InChI is InChI=1S/C20H42/c1-7-9-11-13-15-19(17(3)4)20(18(5)6)16-14-12-10-8-2/h17-20H,7-16H2,1-6H3. The fraction of sp³-hybridized carbons (Fsp3) is 1.00. The zero-order valence-corrected chi connectivity index (χ0v) is 15.4. The minimum atomic E-state index is 0.857. The van der Waals surface area contributed by atoms with Crippen LogP contribution in [0.4, 0.5) is 0 Å². The van der Waals surface area contributed by atoms with Crippen molar-refractivity contribution in [3.63, 3.8) is 0 Å². The van der Waals surface area contributed by atoms with E-state index in [1.54, 1.807) is 0 Å². The van der Waals surface area contributed by atoms with Crippen molar-refractivity contribution in [3.05, 3.63) is 0 Å². The molecule has 0 spiro atoms. The van der Waals surface area contributed by atoms with Gasteiger partial charge in [-0.2, -0.15) is 0 Å². The largest absolute Gasteiger partial charge is 0.0654 e. The van der Waals surface area contributed by atoms with Gasteiger partial charge in [-0.25, -0.2) is 0 Å². The summed E-state index contributed by atoms with van der Waals surface area (Å²) < 4.78 is 0. The average Bonchev–Trinajstić information content (AvgIpc) is 2.39. The van der Waals surface area contributed by atoms with Crippen molar-refractivity contribution < 1.29 is 0 Å². The summed E-state index contributed by atoms with van der Waals surface area (Å²) in [7, 11) is 0. The third-order valence-electron chi connectivity index (χ3n) is 5.04. The second-order valence-corrected chi connectivity index (χ2v) is 7.51.